The minimum atomic E-state index is -0.353. The summed E-state index contributed by atoms with van der Waals surface area (Å²) < 4.78 is 5.23. The molecule has 0 bridgehead atoms. The van der Waals surface area contributed by atoms with E-state index >= 15 is 0 Å². The molecule has 90 valence electrons. The molecule has 1 fully saturated rings. The van der Waals surface area contributed by atoms with Gasteiger partial charge in [0.1, 0.15) is 0 Å². The fourth-order valence-corrected chi connectivity index (χ4v) is 1.83. The van der Waals surface area contributed by atoms with Crippen molar-refractivity contribution in [3.63, 3.8) is 0 Å². The van der Waals surface area contributed by atoms with E-state index in [2.05, 4.69) is 38.2 Å². The van der Waals surface area contributed by atoms with Crippen LogP contribution in [0.15, 0.2) is 0 Å². The Morgan fingerprint density at radius 2 is 2.07 bits per heavy atom. The molecule has 1 rings (SSSR count). The molecule has 0 radical (unpaired) electrons. The second-order valence-corrected chi connectivity index (χ2v) is 4.99. The topological polar surface area (TPSA) is 44.7 Å². The van der Waals surface area contributed by atoms with Gasteiger partial charge in [0.05, 0.1) is 25.4 Å². The van der Waals surface area contributed by atoms with Crippen molar-refractivity contribution in [2.75, 3.05) is 33.9 Å². The lowest BCUT2D eigenvalue weighted by Crippen LogP contribution is -2.50. The third kappa shape index (κ3) is 4.07. The average molecular weight is 216 g/mol. The van der Waals surface area contributed by atoms with Crippen LogP contribution in [0.4, 0.5) is 0 Å². The second-order valence-electron chi connectivity index (χ2n) is 4.99. The lowest BCUT2D eigenvalue weighted by atomic mass is 10.0. The predicted octanol–water partition coefficient (Wildman–Crippen LogP) is -0.0781. The Morgan fingerprint density at radius 1 is 1.40 bits per heavy atom. The van der Waals surface area contributed by atoms with Gasteiger partial charge in [-0.15, -0.1) is 0 Å². The third-order valence-electron chi connectivity index (χ3n) is 2.85. The van der Waals surface area contributed by atoms with Gasteiger partial charge in [-0.25, -0.2) is 0 Å². The number of aliphatic hydroxyl groups is 1. The average Bonchev–Trinajstić information content (AvgIpc) is 2.50. The smallest absolute Gasteiger partial charge is 0.0948 e. The zero-order valence-corrected chi connectivity index (χ0v) is 10.2. The van der Waals surface area contributed by atoms with E-state index < -0.39 is 0 Å². The Hall–Kier alpha value is -0.160. The highest BCUT2D eigenvalue weighted by molar-refractivity contribution is 4.86. The zero-order valence-electron chi connectivity index (χ0n) is 10.2. The standard InChI is InChI=1S/C11H24N2O2/c1-8(2)9(5-13(3)4)12-10-6-15-7-11(10)14/h8-12,14H,5-7H2,1-4H3. The van der Waals surface area contributed by atoms with Crippen molar-refractivity contribution >= 4 is 0 Å². The minimum Gasteiger partial charge on any atom is -0.389 e. The Labute approximate surface area is 92.6 Å². The van der Waals surface area contributed by atoms with Gasteiger partial charge >= 0.3 is 0 Å². The SMILES string of the molecule is CC(C)C(CN(C)C)NC1COCC1O. The zero-order chi connectivity index (χ0) is 11.4. The number of hydrogen-bond acceptors (Lipinski definition) is 4. The van der Waals surface area contributed by atoms with E-state index in [0.717, 1.165) is 6.54 Å². The van der Waals surface area contributed by atoms with E-state index in [9.17, 15) is 5.11 Å². The van der Waals surface area contributed by atoms with Gasteiger partial charge in [0.15, 0.2) is 0 Å². The van der Waals surface area contributed by atoms with E-state index in [1.165, 1.54) is 0 Å². The summed E-state index contributed by atoms with van der Waals surface area (Å²) in [6.45, 7) is 6.47. The summed E-state index contributed by atoms with van der Waals surface area (Å²) in [5.41, 5.74) is 0. The molecule has 1 aliphatic heterocycles. The van der Waals surface area contributed by atoms with E-state index in [0.29, 0.717) is 25.2 Å². The molecule has 0 saturated carbocycles. The molecule has 0 aromatic carbocycles. The van der Waals surface area contributed by atoms with Gasteiger partial charge in [-0.1, -0.05) is 13.8 Å². The van der Waals surface area contributed by atoms with Gasteiger partial charge in [0.25, 0.3) is 0 Å². The van der Waals surface area contributed by atoms with Crippen LogP contribution in [0.5, 0.6) is 0 Å². The van der Waals surface area contributed by atoms with E-state index in [1.807, 2.05) is 0 Å². The summed E-state index contributed by atoms with van der Waals surface area (Å²) in [7, 11) is 4.14. The molecule has 1 saturated heterocycles. The number of ether oxygens (including phenoxy) is 1. The molecule has 0 aromatic heterocycles. The molecule has 1 heterocycles. The molecule has 4 nitrogen and oxygen atoms in total. The predicted molar refractivity (Wildman–Crippen MR) is 60.9 cm³/mol. The van der Waals surface area contributed by atoms with Gasteiger partial charge in [0.2, 0.25) is 0 Å². The summed E-state index contributed by atoms with van der Waals surface area (Å²) in [4.78, 5) is 2.17. The first-order chi connectivity index (χ1) is 7.00. The van der Waals surface area contributed by atoms with Crippen molar-refractivity contribution in [1.29, 1.82) is 0 Å². The van der Waals surface area contributed by atoms with E-state index in [4.69, 9.17) is 4.74 Å². The highest BCUT2D eigenvalue weighted by Crippen LogP contribution is 2.10. The van der Waals surface area contributed by atoms with Crippen LogP contribution >= 0.6 is 0 Å². The molecule has 0 spiro atoms. The van der Waals surface area contributed by atoms with Crippen molar-refractivity contribution in [2.24, 2.45) is 5.92 Å². The number of hydrogen-bond donors (Lipinski definition) is 2. The highest BCUT2D eigenvalue weighted by Gasteiger charge is 2.29. The van der Waals surface area contributed by atoms with Crippen LogP contribution in [-0.4, -0.2) is 62.0 Å². The first kappa shape index (κ1) is 12.9. The Kier molecular flexibility index (Phi) is 4.99. The largest absolute Gasteiger partial charge is 0.389 e. The molecule has 15 heavy (non-hydrogen) atoms. The maximum Gasteiger partial charge on any atom is 0.0948 e. The number of nitrogens with one attached hydrogen (secondary N) is 1. The van der Waals surface area contributed by atoms with Gasteiger partial charge in [-0.2, -0.15) is 0 Å². The van der Waals surface area contributed by atoms with Crippen LogP contribution in [0.1, 0.15) is 13.8 Å². The van der Waals surface area contributed by atoms with Crippen LogP contribution in [0, 0.1) is 5.92 Å². The summed E-state index contributed by atoms with van der Waals surface area (Å²) in [5, 5.41) is 13.1. The number of aliphatic hydroxyl groups excluding tert-OH is 1. The summed E-state index contributed by atoms with van der Waals surface area (Å²) in [6, 6.07) is 0.499. The summed E-state index contributed by atoms with van der Waals surface area (Å²) >= 11 is 0. The quantitative estimate of drug-likeness (QED) is 0.675. The second kappa shape index (κ2) is 5.80. The van der Waals surface area contributed by atoms with Crippen molar-refractivity contribution in [3.05, 3.63) is 0 Å². The number of nitrogens with zero attached hydrogens (tertiary/aromatic N) is 1. The molecular formula is C11H24N2O2. The van der Waals surface area contributed by atoms with Crippen LogP contribution in [0.3, 0.4) is 0 Å². The number of likely N-dealkylation sites (N-methyl/N-ethyl adjacent to an activating group) is 1. The first-order valence-electron chi connectivity index (χ1n) is 5.67. The molecule has 3 atom stereocenters. The monoisotopic (exact) mass is 216 g/mol. The molecular weight excluding hydrogens is 192 g/mol. The van der Waals surface area contributed by atoms with Crippen molar-refractivity contribution < 1.29 is 9.84 Å². The Morgan fingerprint density at radius 3 is 2.47 bits per heavy atom. The van der Waals surface area contributed by atoms with Gasteiger partial charge < -0.3 is 20.1 Å². The maximum atomic E-state index is 9.65. The first-order valence-corrected chi connectivity index (χ1v) is 5.67. The van der Waals surface area contributed by atoms with Crippen molar-refractivity contribution in [3.8, 4) is 0 Å². The van der Waals surface area contributed by atoms with Crippen LogP contribution < -0.4 is 5.32 Å². The van der Waals surface area contributed by atoms with Gasteiger partial charge in [0, 0.05) is 12.6 Å². The maximum absolute atomic E-state index is 9.65. The number of rotatable bonds is 5. The molecule has 0 aliphatic carbocycles. The summed E-state index contributed by atoms with van der Waals surface area (Å²) in [6.07, 6.45) is -0.353. The lowest BCUT2D eigenvalue weighted by Gasteiger charge is -2.29. The molecule has 2 N–H and O–H groups in total. The van der Waals surface area contributed by atoms with E-state index in [-0.39, 0.29) is 12.1 Å². The summed E-state index contributed by atoms with van der Waals surface area (Å²) in [5.74, 6) is 0.556. The normalized spacial score (nSPS) is 29.0. The molecule has 4 heteroatoms. The van der Waals surface area contributed by atoms with Crippen molar-refractivity contribution in [1.82, 2.24) is 10.2 Å². The highest BCUT2D eigenvalue weighted by atomic mass is 16.5. The fourth-order valence-electron chi connectivity index (χ4n) is 1.83. The molecule has 0 amide bonds. The van der Waals surface area contributed by atoms with E-state index in [1.54, 1.807) is 0 Å². The third-order valence-corrected chi connectivity index (χ3v) is 2.85. The minimum absolute atomic E-state index is 0.0948. The van der Waals surface area contributed by atoms with Crippen LogP contribution in [-0.2, 0) is 4.74 Å². The van der Waals surface area contributed by atoms with Crippen LogP contribution in [0.2, 0.25) is 0 Å². The fraction of sp³-hybridized carbons (Fsp3) is 1.00. The molecule has 0 aromatic rings. The van der Waals surface area contributed by atoms with Crippen LogP contribution in [0.25, 0.3) is 0 Å². The molecule has 1 aliphatic rings. The lowest BCUT2D eigenvalue weighted by molar-refractivity contribution is 0.119. The van der Waals surface area contributed by atoms with Crippen molar-refractivity contribution in [2.45, 2.75) is 32.0 Å². The Balaban J connectivity index is 2.43. The Bertz CT molecular complexity index is 185. The van der Waals surface area contributed by atoms with Gasteiger partial charge in [-0.3, -0.25) is 0 Å². The van der Waals surface area contributed by atoms with Gasteiger partial charge in [-0.05, 0) is 20.0 Å². The molecule has 3 unspecified atom stereocenters.